The van der Waals surface area contributed by atoms with Crippen LogP contribution in [0.4, 0.5) is 5.69 Å². The molecule has 0 saturated heterocycles. The zero-order valence-corrected chi connectivity index (χ0v) is 14.2. The van der Waals surface area contributed by atoms with E-state index in [0.717, 1.165) is 52.3 Å². The second-order valence-corrected chi connectivity index (χ2v) is 6.56. The minimum absolute atomic E-state index is 0.0710. The van der Waals surface area contributed by atoms with E-state index in [1.807, 2.05) is 25.1 Å². The van der Waals surface area contributed by atoms with Crippen molar-refractivity contribution in [2.45, 2.75) is 26.2 Å². The van der Waals surface area contributed by atoms with Crippen molar-refractivity contribution in [3.8, 4) is 11.5 Å². The van der Waals surface area contributed by atoms with Gasteiger partial charge in [0.05, 0.1) is 19.6 Å². The quantitative estimate of drug-likeness (QED) is 0.924. The Bertz CT molecular complexity index is 800. The number of hydrogen-bond acceptors (Lipinski definition) is 3. The lowest BCUT2D eigenvalue weighted by Gasteiger charge is -2.14. The normalized spacial score (nSPS) is 14.6. The van der Waals surface area contributed by atoms with E-state index in [1.165, 1.54) is 0 Å². The Morgan fingerprint density at radius 2 is 2.08 bits per heavy atom. The number of benzene rings is 2. The summed E-state index contributed by atoms with van der Waals surface area (Å²) in [5.41, 5.74) is 4.82. The van der Waals surface area contributed by atoms with Gasteiger partial charge in [-0.15, -0.1) is 0 Å². The molecular formula is C19H18ClNO3. The van der Waals surface area contributed by atoms with Crippen molar-refractivity contribution in [2.75, 3.05) is 18.5 Å². The topological polar surface area (TPSA) is 47.6 Å². The van der Waals surface area contributed by atoms with Crippen LogP contribution in [0.3, 0.4) is 0 Å². The van der Waals surface area contributed by atoms with E-state index in [2.05, 4.69) is 11.4 Å². The standard InChI is InChI=1S/C19H18ClNO3/c1-11-15(20)3-2-4-16(11)21-18(22)10-14-13-6-8-23-17(13)9-12-5-7-24-19(12)14/h2-4,9H,5-8,10H2,1H3,(H,21,22). The maximum Gasteiger partial charge on any atom is 0.228 e. The number of ether oxygens (including phenoxy) is 2. The number of carbonyl (C=O) groups excluding carboxylic acids is 1. The Morgan fingerprint density at radius 1 is 1.25 bits per heavy atom. The molecule has 24 heavy (non-hydrogen) atoms. The fourth-order valence-corrected chi connectivity index (χ4v) is 3.54. The van der Waals surface area contributed by atoms with Gasteiger partial charge in [0.2, 0.25) is 5.91 Å². The Balaban J connectivity index is 1.62. The van der Waals surface area contributed by atoms with Gasteiger partial charge in [0.15, 0.2) is 0 Å². The van der Waals surface area contributed by atoms with Crippen LogP contribution in [0.2, 0.25) is 5.02 Å². The van der Waals surface area contributed by atoms with Crippen LogP contribution in [0, 0.1) is 6.92 Å². The highest BCUT2D eigenvalue weighted by molar-refractivity contribution is 6.31. The van der Waals surface area contributed by atoms with Crippen molar-refractivity contribution in [1.29, 1.82) is 0 Å². The Hall–Kier alpha value is -2.20. The SMILES string of the molecule is Cc1c(Cl)cccc1NC(=O)Cc1c2c(cc3c1OCC3)OCC2. The summed E-state index contributed by atoms with van der Waals surface area (Å²) >= 11 is 6.12. The first kappa shape index (κ1) is 15.3. The van der Waals surface area contributed by atoms with Crippen LogP contribution in [-0.2, 0) is 24.1 Å². The number of anilines is 1. The molecule has 0 aromatic heterocycles. The molecule has 124 valence electrons. The van der Waals surface area contributed by atoms with Crippen LogP contribution in [0.5, 0.6) is 11.5 Å². The highest BCUT2D eigenvalue weighted by Gasteiger charge is 2.27. The predicted octanol–water partition coefficient (Wildman–Crippen LogP) is 3.70. The smallest absolute Gasteiger partial charge is 0.228 e. The van der Waals surface area contributed by atoms with Crippen LogP contribution >= 0.6 is 11.6 Å². The van der Waals surface area contributed by atoms with Gasteiger partial charge in [-0.2, -0.15) is 0 Å². The first-order valence-corrected chi connectivity index (χ1v) is 8.49. The fraction of sp³-hybridized carbons (Fsp3) is 0.316. The number of carbonyl (C=O) groups is 1. The lowest BCUT2D eigenvalue weighted by molar-refractivity contribution is -0.115. The van der Waals surface area contributed by atoms with E-state index in [9.17, 15) is 4.79 Å². The maximum atomic E-state index is 12.6. The minimum Gasteiger partial charge on any atom is -0.493 e. The maximum absolute atomic E-state index is 12.6. The van der Waals surface area contributed by atoms with Gasteiger partial charge in [-0.3, -0.25) is 4.79 Å². The summed E-state index contributed by atoms with van der Waals surface area (Å²) in [7, 11) is 0. The second-order valence-electron chi connectivity index (χ2n) is 6.15. The van der Waals surface area contributed by atoms with Gasteiger partial charge < -0.3 is 14.8 Å². The summed E-state index contributed by atoms with van der Waals surface area (Å²) in [5, 5.41) is 3.61. The number of rotatable bonds is 3. The first-order chi connectivity index (χ1) is 11.6. The Labute approximate surface area is 145 Å². The molecule has 2 aliphatic heterocycles. The number of hydrogen-bond donors (Lipinski definition) is 1. The van der Waals surface area contributed by atoms with Gasteiger partial charge in [-0.25, -0.2) is 0 Å². The zero-order chi connectivity index (χ0) is 16.7. The molecular weight excluding hydrogens is 326 g/mol. The van der Waals surface area contributed by atoms with Gasteiger partial charge in [0.1, 0.15) is 11.5 Å². The minimum atomic E-state index is -0.0710. The third-order valence-electron chi connectivity index (χ3n) is 4.64. The van der Waals surface area contributed by atoms with Crippen molar-refractivity contribution in [2.24, 2.45) is 0 Å². The molecule has 2 aliphatic rings. The molecule has 0 bridgehead atoms. The molecule has 0 unspecified atom stereocenters. The Morgan fingerprint density at radius 3 is 2.96 bits per heavy atom. The lowest BCUT2D eigenvalue weighted by Crippen LogP contribution is -2.16. The van der Waals surface area contributed by atoms with Crippen molar-refractivity contribution < 1.29 is 14.3 Å². The highest BCUT2D eigenvalue weighted by atomic mass is 35.5. The molecule has 5 heteroatoms. The van der Waals surface area contributed by atoms with Crippen LogP contribution in [0.25, 0.3) is 0 Å². The average Bonchev–Trinajstić information content (AvgIpc) is 3.20. The summed E-state index contributed by atoms with van der Waals surface area (Å²) in [6, 6.07) is 7.57. The van der Waals surface area contributed by atoms with E-state index >= 15 is 0 Å². The molecule has 0 atom stereocenters. The molecule has 0 aliphatic carbocycles. The first-order valence-electron chi connectivity index (χ1n) is 8.11. The number of halogens is 1. The van der Waals surface area contributed by atoms with Crippen LogP contribution in [-0.4, -0.2) is 19.1 Å². The lowest BCUT2D eigenvalue weighted by atomic mass is 9.97. The summed E-state index contributed by atoms with van der Waals surface area (Å²) < 4.78 is 11.5. The predicted molar refractivity (Wildman–Crippen MR) is 93.4 cm³/mol. The van der Waals surface area contributed by atoms with Gasteiger partial charge in [0, 0.05) is 40.2 Å². The summed E-state index contributed by atoms with van der Waals surface area (Å²) in [6.45, 7) is 3.23. The average molecular weight is 344 g/mol. The third-order valence-corrected chi connectivity index (χ3v) is 5.05. The monoisotopic (exact) mass is 343 g/mol. The van der Waals surface area contributed by atoms with Gasteiger partial charge in [-0.1, -0.05) is 17.7 Å². The van der Waals surface area contributed by atoms with Crippen molar-refractivity contribution in [1.82, 2.24) is 0 Å². The molecule has 2 aromatic carbocycles. The van der Waals surface area contributed by atoms with Gasteiger partial charge in [-0.05, 0) is 30.7 Å². The molecule has 0 saturated carbocycles. The van der Waals surface area contributed by atoms with Crippen molar-refractivity contribution in [3.05, 3.63) is 51.5 Å². The second kappa shape index (κ2) is 6.02. The summed E-state index contributed by atoms with van der Waals surface area (Å²) in [6.07, 6.45) is 1.97. The molecule has 0 spiro atoms. The van der Waals surface area contributed by atoms with Crippen molar-refractivity contribution in [3.63, 3.8) is 0 Å². The molecule has 1 N–H and O–H groups in total. The molecule has 1 amide bonds. The van der Waals surface area contributed by atoms with Crippen molar-refractivity contribution >= 4 is 23.2 Å². The molecule has 4 rings (SSSR count). The van der Waals surface area contributed by atoms with Gasteiger partial charge in [0.25, 0.3) is 0 Å². The summed E-state index contributed by atoms with van der Waals surface area (Å²) in [4.78, 5) is 12.6. The van der Waals surface area contributed by atoms with E-state index < -0.39 is 0 Å². The van der Waals surface area contributed by atoms with Crippen LogP contribution in [0.1, 0.15) is 22.3 Å². The van der Waals surface area contributed by atoms with Crippen LogP contribution in [0.15, 0.2) is 24.3 Å². The molecule has 0 fully saturated rings. The largest absolute Gasteiger partial charge is 0.493 e. The van der Waals surface area contributed by atoms with E-state index in [-0.39, 0.29) is 12.3 Å². The number of fused-ring (bicyclic) bond motifs is 2. The molecule has 2 heterocycles. The highest BCUT2D eigenvalue weighted by Crippen LogP contribution is 2.41. The number of nitrogens with one attached hydrogen (secondary N) is 1. The fourth-order valence-electron chi connectivity index (χ4n) is 3.37. The third kappa shape index (κ3) is 2.61. The molecule has 2 aromatic rings. The van der Waals surface area contributed by atoms with E-state index in [1.54, 1.807) is 0 Å². The van der Waals surface area contributed by atoms with Gasteiger partial charge >= 0.3 is 0 Å². The van der Waals surface area contributed by atoms with E-state index in [0.29, 0.717) is 18.2 Å². The number of amides is 1. The molecule has 4 nitrogen and oxygen atoms in total. The zero-order valence-electron chi connectivity index (χ0n) is 13.4. The molecule has 0 radical (unpaired) electrons. The Kier molecular flexibility index (Phi) is 3.85. The summed E-state index contributed by atoms with van der Waals surface area (Å²) in [5.74, 6) is 1.71. The van der Waals surface area contributed by atoms with E-state index in [4.69, 9.17) is 21.1 Å². The van der Waals surface area contributed by atoms with Crippen LogP contribution < -0.4 is 14.8 Å².